The molecular formula is C37H48N6O16. The fourth-order valence-electron chi connectivity index (χ4n) is 5.12. The molecule has 0 radical (unpaired) electrons. The Hall–Kier alpha value is -6.55. The van der Waals surface area contributed by atoms with Gasteiger partial charge in [0.1, 0.15) is 23.7 Å². The normalized spacial score (nSPS) is 18.5. The topological polar surface area (TPSA) is 287 Å². The van der Waals surface area contributed by atoms with Gasteiger partial charge in [-0.15, -0.1) is 0 Å². The Bertz CT molecular complexity index is 1850. The van der Waals surface area contributed by atoms with E-state index in [9.17, 15) is 43.7 Å². The molecule has 2 unspecified atom stereocenters. The van der Waals surface area contributed by atoms with Gasteiger partial charge in [-0.2, -0.15) is 5.48 Å². The summed E-state index contributed by atoms with van der Waals surface area (Å²) in [6, 6.07) is 9.04. The summed E-state index contributed by atoms with van der Waals surface area (Å²) in [5.74, 6) is -3.52. The van der Waals surface area contributed by atoms with E-state index in [1.807, 2.05) is 26.3 Å². The predicted octanol–water partition coefficient (Wildman–Crippen LogP) is 2.38. The molecule has 322 valence electrons. The lowest BCUT2D eigenvalue weighted by Gasteiger charge is -2.42. The third kappa shape index (κ3) is 16.5. The van der Waals surface area contributed by atoms with Gasteiger partial charge >= 0.3 is 18.2 Å². The van der Waals surface area contributed by atoms with Gasteiger partial charge in [0.25, 0.3) is 5.69 Å². The number of nitro benzene ring substituents is 1. The number of rotatable bonds is 17. The van der Waals surface area contributed by atoms with E-state index in [-0.39, 0.29) is 46.4 Å². The lowest BCUT2D eigenvalue weighted by Crippen LogP contribution is -2.52. The van der Waals surface area contributed by atoms with E-state index >= 15 is 0 Å². The number of amides is 5. The second-order valence-corrected chi connectivity index (χ2v) is 14.1. The number of hydroxylamine groups is 1. The van der Waals surface area contributed by atoms with Crippen LogP contribution in [0.4, 0.5) is 21.0 Å². The molecule has 3 rings (SSSR count). The molecule has 5 amide bonds. The highest BCUT2D eigenvalue weighted by Gasteiger charge is 2.43. The van der Waals surface area contributed by atoms with Crippen LogP contribution in [-0.2, 0) is 54.4 Å². The van der Waals surface area contributed by atoms with Crippen molar-refractivity contribution in [3.05, 3.63) is 58.1 Å². The van der Waals surface area contributed by atoms with Gasteiger partial charge in [-0.25, -0.2) is 9.59 Å². The summed E-state index contributed by atoms with van der Waals surface area (Å²) < 4.78 is 33.1. The molecule has 0 spiro atoms. The maximum Gasteiger partial charge on any atom is 0.514 e. The van der Waals surface area contributed by atoms with Gasteiger partial charge < -0.3 is 49.7 Å². The summed E-state index contributed by atoms with van der Waals surface area (Å²) in [4.78, 5) is 100. The number of nitro groups is 1. The number of nitrogens with zero attached hydrogens (tertiary/aromatic N) is 1. The summed E-state index contributed by atoms with van der Waals surface area (Å²) in [6.07, 6.45) is -4.24. The van der Waals surface area contributed by atoms with E-state index < -0.39 is 97.6 Å². The number of carbonyl (C=O) groups excluding carboxylic acids is 7. The number of nitrogens with one attached hydrogen (secondary N) is 5. The van der Waals surface area contributed by atoms with Crippen molar-refractivity contribution in [1.82, 2.24) is 21.4 Å². The SMILES string of the molecule is CC(=O)OC1[C@H](Oc2ccc(NC(=O)CNC(=O)CNC(=O)CNC(=O)CONC(=O)OC(C)(C)C)cc2COC(=O)Oc2ccc([N+](=O)[O-])cc2)OC(C)[C@@H](C)[C@@H]1C. The zero-order valence-electron chi connectivity index (χ0n) is 33.4. The van der Waals surface area contributed by atoms with Crippen molar-refractivity contribution >= 4 is 53.2 Å². The van der Waals surface area contributed by atoms with Crippen LogP contribution in [0.1, 0.15) is 54.0 Å². The largest absolute Gasteiger partial charge is 0.514 e. The first kappa shape index (κ1) is 46.8. The van der Waals surface area contributed by atoms with Gasteiger partial charge in [0.2, 0.25) is 29.9 Å². The smallest absolute Gasteiger partial charge is 0.460 e. The number of ether oxygens (including phenoxy) is 6. The van der Waals surface area contributed by atoms with Crippen LogP contribution in [-0.4, -0.2) is 97.1 Å². The number of benzene rings is 2. The average Bonchev–Trinajstić information content (AvgIpc) is 3.15. The molecule has 0 aromatic heterocycles. The summed E-state index contributed by atoms with van der Waals surface area (Å²) >= 11 is 0. The Kier molecular flexibility index (Phi) is 17.3. The van der Waals surface area contributed by atoms with Gasteiger partial charge in [0.15, 0.2) is 12.7 Å². The molecule has 5 N–H and O–H groups in total. The quantitative estimate of drug-likeness (QED) is 0.0503. The van der Waals surface area contributed by atoms with Crippen LogP contribution in [0, 0.1) is 22.0 Å². The van der Waals surface area contributed by atoms with E-state index in [4.69, 9.17) is 33.3 Å². The number of anilines is 1. The van der Waals surface area contributed by atoms with Gasteiger partial charge in [0, 0.05) is 36.2 Å². The highest BCUT2D eigenvalue weighted by Crippen LogP contribution is 2.35. The molecule has 2 aromatic rings. The standard InChI is InChI=1S/C37H48N6O16/c1-20-21(2)33(56-23(4)44)34(55-22(20)3)58-28-13-8-25(14-24(28)18-53-36(50)57-27-11-9-26(10-12-27)43(51)52)41-31(47)17-39-29(45)15-38-30(46)16-40-32(48)19-54-42-35(49)59-37(5,6)7/h8-14,20-22,33-34H,15-19H2,1-7H3,(H,38,46)(H,39,45)(H,40,48)(H,41,47)(H,42,49)/t20-,21-,22?,33?,34-/m0/s1. The van der Waals surface area contributed by atoms with E-state index in [0.29, 0.717) is 0 Å². The minimum Gasteiger partial charge on any atom is -0.460 e. The summed E-state index contributed by atoms with van der Waals surface area (Å²) in [5, 5.41) is 20.4. The molecule has 1 aliphatic rings. The van der Waals surface area contributed by atoms with Crippen LogP contribution < -0.4 is 36.2 Å². The number of hydrogen-bond acceptors (Lipinski definition) is 16. The Labute approximate surface area is 338 Å². The number of carbonyl (C=O) groups is 7. The summed E-state index contributed by atoms with van der Waals surface area (Å²) in [5.41, 5.74) is 1.31. The number of hydrogen-bond donors (Lipinski definition) is 5. The summed E-state index contributed by atoms with van der Waals surface area (Å²) in [7, 11) is 0. The Morgan fingerprint density at radius 1 is 0.831 bits per heavy atom. The van der Waals surface area contributed by atoms with Crippen LogP contribution in [0.25, 0.3) is 0 Å². The maximum absolute atomic E-state index is 12.8. The van der Waals surface area contributed by atoms with Gasteiger partial charge in [0.05, 0.1) is 30.7 Å². The van der Waals surface area contributed by atoms with Gasteiger partial charge in [-0.1, -0.05) is 13.8 Å². The van der Waals surface area contributed by atoms with E-state index in [1.54, 1.807) is 20.8 Å². The highest BCUT2D eigenvalue weighted by atomic mass is 16.7. The third-order valence-electron chi connectivity index (χ3n) is 8.28. The summed E-state index contributed by atoms with van der Waals surface area (Å²) in [6.45, 7) is 9.20. The highest BCUT2D eigenvalue weighted by molar-refractivity contribution is 5.95. The van der Waals surface area contributed by atoms with E-state index in [2.05, 4.69) is 21.3 Å². The fraction of sp³-hybridized carbons (Fsp3) is 0.486. The van der Waals surface area contributed by atoms with Crippen LogP contribution in [0.15, 0.2) is 42.5 Å². The first-order valence-corrected chi connectivity index (χ1v) is 18.1. The Morgan fingerprint density at radius 2 is 1.44 bits per heavy atom. The average molecular weight is 833 g/mol. The Balaban J connectivity index is 1.58. The number of non-ortho nitro benzene ring substituents is 1. The van der Waals surface area contributed by atoms with Crippen LogP contribution >= 0.6 is 0 Å². The minimum absolute atomic E-state index is 0.00120. The number of esters is 1. The molecule has 59 heavy (non-hydrogen) atoms. The first-order chi connectivity index (χ1) is 27.7. The lowest BCUT2D eigenvalue weighted by atomic mass is 9.84. The van der Waals surface area contributed by atoms with Crippen LogP contribution in [0.2, 0.25) is 0 Å². The molecule has 1 aliphatic heterocycles. The van der Waals surface area contributed by atoms with Crippen molar-refractivity contribution in [3.8, 4) is 11.5 Å². The van der Waals surface area contributed by atoms with Crippen LogP contribution in [0.3, 0.4) is 0 Å². The molecule has 22 heteroatoms. The minimum atomic E-state index is -1.17. The molecule has 0 aliphatic carbocycles. The third-order valence-corrected chi connectivity index (χ3v) is 8.28. The lowest BCUT2D eigenvalue weighted by molar-refractivity contribution is -0.384. The first-order valence-electron chi connectivity index (χ1n) is 18.1. The van der Waals surface area contributed by atoms with Crippen molar-refractivity contribution in [3.63, 3.8) is 0 Å². The molecule has 1 saturated heterocycles. The Morgan fingerprint density at radius 3 is 2.03 bits per heavy atom. The zero-order chi connectivity index (χ0) is 43.9. The van der Waals surface area contributed by atoms with Crippen molar-refractivity contribution < 1.29 is 71.7 Å². The second-order valence-electron chi connectivity index (χ2n) is 14.1. The molecule has 0 saturated carbocycles. The molecule has 1 heterocycles. The molecule has 22 nitrogen and oxygen atoms in total. The molecule has 2 aromatic carbocycles. The maximum atomic E-state index is 12.8. The molecule has 0 bridgehead atoms. The van der Waals surface area contributed by atoms with E-state index in [1.165, 1.54) is 37.3 Å². The van der Waals surface area contributed by atoms with Gasteiger partial charge in [-0.05, 0) is 63.9 Å². The van der Waals surface area contributed by atoms with Crippen molar-refractivity contribution in [2.45, 2.75) is 79.2 Å². The fourth-order valence-corrected chi connectivity index (χ4v) is 5.12. The van der Waals surface area contributed by atoms with Crippen LogP contribution in [0.5, 0.6) is 11.5 Å². The molecule has 1 fully saturated rings. The molecular weight excluding hydrogens is 784 g/mol. The second kappa shape index (κ2) is 21.8. The zero-order valence-corrected chi connectivity index (χ0v) is 33.4. The monoisotopic (exact) mass is 832 g/mol. The molecule has 5 atom stereocenters. The predicted molar refractivity (Wildman–Crippen MR) is 202 cm³/mol. The van der Waals surface area contributed by atoms with E-state index in [0.717, 1.165) is 12.1 Å². The van der Waals surface area contributed by atoms with Crippen molar-refractivity contribution in [1.29, 1.82) is 0 Å². The van der Waals surface area contributed by atoms with Crippen molar-refractivity contribution in [2.24, 2.45) is 11.8 Å². The van der Waals surface area contributed by atoms with Gasteiger partial charge in [-0.3, -0.25) is 38.9 Å². The van der Waals surface area contributed by atoms with Crippen molar-refractivity contribution in [2.75, 3.05) is 31.6 Å².